The Balaban J connectivity index is 2.52. The van der Waals surface area contributed by atoms with Gasteiger partial charge in [0.25, 0.3) is 5.91 Å². The summed E-state index contributed by atoms with van der Waals surface area (Å²) >= 11 is 0. The second-order valence-corrected chi connectivity index (χ2v) is 2.61. The number of nitrogens with one attached hydrogen (secondary N) is 1. The number of nitrogens with zero attached hydrogens (tertiary/aromatic N) is 4. The normalized spacial score (nSPS) is 9.25. The Labute approximate surface area is 88.8 Å². The minimum atomic E-state index is -0.739. The number of nitro groups is 1. The fourth-order valence-electron chi connectivity index (χ4n) is 0.899. The zero-order chi connectivity index (χ0) is 12.0. The van der Waals surface area contributed by atoms with Gasteiger partial charge < -0.3 is 9.73 Å². The summed E-state index contributed by atoms with van der Waals surface area (Å²) in [6.07, 6.45) is 0. The van der Waals surface area contributed by atoms with E-state index in [4.69, 9.17) is 5.53 Å². The van der Waals surface area contributed by atoms with Crippen LogP contribution in [0.15, 0.2) is 21.7 Å². The van der Waals surface area contributed by atoms with Crippen molar-refractivity contribution >= 4 is 11.8 Å². The number of hydrogen-bond donors (Lipinski definition) is 1. The monoisotopic (exact) mass is 225 g/mol. The maximum absolute atomic E-state index is 11.3. The van der Waals surface area contributed by atoms with Crippen molar-refractivity contribution in [3.63, 3.8) is 0 Å². The molecule has 16 heavy (non-hydrogen) atoms. The van der Waals surface area contributed by atoms with Crippen molar-refractivity contribution in [2.24, 2.45) is 5.11 Å². The molecule has 1 aromatic rings. The molecule has 1 amide bonds. The molecule has 9 heteroatoms. The molecule has 9 nitrogen and oxygen atoms in total. The van der Waals surface area contributed by atoms with E-state index in [1.165, 1.54) is 6.07 Å². The molecule has 0 atom stereocenters. The zero-order valence-electron chi connectivity index (χ0n) is 7.99. The Kier molecular flexibility index (Phi) is 3.87. The summed E-state index contributed by atoms with van der Waals surface area (Å²) in [5.41, 5.74) is 7.97. The molecule has 0 fully saturated rings. The van der Waals surface area contributed by atoms with Crippen LogP contribution in [0, 0.1) is 10.1 Å². The lowest BCUT2D eigenvalue weighted by Gasteiger charge is -1.98. The van der Waals surface area contributed by atoms with Crippen molar-refractivity contribution in [1.82, 2.24) is 5.32 Å². The van der Waals surface area contributed by atoms with Crippen LogP contribution in [0.1, 0.15) is 10.6 Å². The van der Waals surface area contributed by atoms with E-state index in [1.54, 1.807) is 0 Å². The van der Waals surface area contributed by atoms with Gasteiger partial charge in [-0.1, -0.05) is 5.11 Å². The molecule has 1 heterocycles. The average molecular weight is 225 g/mol. The molecule has 84 valence electrons. The van der Waals surface area contributed by atoms with Gasteiger partial charge in [-0.15, -0.1) is 0 Å². The second kappa shape index (κ2) is 5.37. The number of furan rings is 1. The lowest BCUT2D eigenvalue weighted by Crippen LogP contribution is -2.25. The first-order chi connectivity index (χ1) is 7.65. The third kappa shape index (κ3) is 3.00. The van der Waals surface area contributed by atoms with Crippen LogP contribution in [-0.4, -0.2) is 23.9 Å². The fourth-order valence-corrected chi connectivity index (χ4v) is 0.899. The third-order valence-electron chi connectivity index (χ3n) is 1.56. The van der Waals surface area contributed by atoms with E-state index in [1.807, 2.05) is 0 Å². The lowest BCUT2D eigenvalue weighted by molar-refractivity contribution is -0.402. The second-order valence-electron chi connectivity index (χ2n) is 2.61. The third-order valence-corrected chi connectivity index (χ3v) is 1.56. The number of amides is 1. The van der Waals surface area contributed by atoms with Crippen LogP contribution in [0.4, 0.5) is 5.88 Å². The van der Waals surface area contributed by atoms with E-state index in [0.717, 1.165) is 6.07 Å². The van der Waals surface area contributed by atoms with Gasteiger partial charge in [-0.2, -0.15) is 0 Å². The lowest BCUT2D eigenvalue weighted by atomic mass is 10.4. The number of carbonyl (C=O) groups is 1. The molecule has 1 N–H and O–H groups in total. The summed E-state index contributed by atoms with van der Waals surface area (Å²) in [7, 11) is 0. The Hall–Kier alpha value is -2.54. The van der Waals surface area contributed by atoms with E-state index in [0.29, 0.717) is 0 Å². The highest BCUT2D eigenvalue weighted by Gasteiger charge is 2.16. The van der Waals surface area contributed by atoms with E-state index >= 15 is 0 Å². The van der Waals surface area contributed by atoms with Crippen molar-refractivity contribution in [2.45, 2.75) is 0 Å². The smallest absolute Gasteiger partial charge is 0.395 e. The quantitative estimate of drug-likeness (QED) is 0.201. The SMILES string of the molecule is [N-]=[N+]=NCCNC(=O)c1ccc([N+](=O)[O-])o1. The summed E-state index contributed by atoms with van der Waals surface area (Å²) in [4.78, 5) is 23.3. The van der Waals surface area contributed by atoms with Crippen LogP contribution >= 0.6 is 0 Å². The summed E-state index contributed by atoms with van der Waals surface area (Å²) in [5.74, 6) is -1.26. The Bertz CT molecular complexity index is 447. The highest BCUT2D eigenvalue weighted by molar-refractivity contribution is 5.91. The molecular formula is C7H7N5O4. The first-order valence-electron chi connectivity index (χ1n) is 4.18. The molecule has 0 unspecified atom stereocenters. The maximum Gasteiger partial charge on any atom is 0.433 e. The Morgan fingerprint density at radius 2 is 2.44 bits per heavy atom. The highest BCUT2D eigenvalue weighted by Crippen LogP contribution is 2.15. The zero-order valence-corrected chi connectivity index (χ0v) is 7.99. The molecule has 0 aliphatic heterocycles. The summed E-state index contributed by atoms with van der Waals surface area (Å²) in [6.45, 7) is 0.239. The molecule has 0 spiro atoms. The van der Waals surface area contributed by atoms with E-state index in [-0.39, 0.29) is 18.8 Å². The summed E-state index contributed by atoms with van der Waals surface area (Å²) < 4.78 is 4.65. The Morgan fingerprint density at radius 3 is 3.00 bits per heavy atom. The largest absolute Gasteiger partial charge is 0.433 e. The van der Waals surface area contributed by atoms with Gasteiger partial charge in [-0.05, 0) is 11.6 Å². The van der Waals surface area contributed by atoms with Crippen molar-refractivity contribution in [3.05, 3.63) is 38.5 Å². The van der Waals surface area contributed by atoms with Crippen LogP contribution in [-0.2, 0) is 0 Å². The predicted octanol–water partition coefficient (Wildman–Crippen LogP) is 1.23. The van der Waals surface area contributed by atoms with Crippen LogP contribution in [0.25, 0.3) is 10.4 Å². The first kappa shape index (κ1) is 11.5. The molecule has 1 rings (SSSR count). The molecule has 1 aromatic heterocycles. The van der Waals surface area contributed by atoms with Crippen molar-refractivity contribution in [2.75, 3.05) is 13.1 Å². The minimum absolute atomic E-state index is 0.102. The van der Waals surface area contributed by atoms with Gasteiger partial charge in [-0.3, -0.25) is 14.9 Å². The molecule has 0 saturated carbocycles. The molecule has 0 bridgehead atoms. The van der Waals surface area contributed by atoms with Gasteiger partial charge in [0.15, 0.2) is 5.76 Å². The van der Waals surface area contributed by atoms with Crippen LogP contribution in [0.3, 0.4) is 0 Å². The summed E-state index contributed by atoms with van der Waals surface area (Å²) in [6, 6.07) is 2.28. The fraction of sp³-hybridized carbons (Fsp3) is 0.286. The Morgan fingerprint density at radius 1 is 1.69 bits per heavy atom. The van der Waals surface area contributed by atoms with Crippen molar-refractivity contribution in [3.8, 4) is 0 Å². The van der Waals surface area contributed by atoms with E-state index < -0.39 is 16.7 Å². The number of azide groups is 1. The van der Waals surface area contributed by atoms with Gasteiger partial charge >= 0.3 is 5.88 Å². The van der Waals surface area contributed by atoms with Crippen molar-refractivity contribution < 1.29 is 14.1 Å². The van der Waals surface area contributed by atoms with Crippen LogP contribution in [0.2, 0.25) is 0 Å². The van der Waals surface area contributed by atoms with Gasteiger partial charge in [-0.25, -0.2) is 0 Å². The molecule has 0 aromatic carbocycles. The number of carbonyl (C=O) groups excluding carboxylic acids is 1. The van der Waals surface area contributed by atoms with Crippen molar-refractivity contribution in [1.29, 1.82) is 0 Å². The predicted molar refractivity (Wildman–Crippen MR) is 51.7 cm³/mol. The molecule has 0 aliphatic rings. The molecule has 0 radical (unpaired) electrons. The van der Waals surface area contributed by atoms with E-state index in [9.17, 15) is 14.9 Å². The summed E-state index contributed by atoms with van der Waals surface area (Å²) in [5, 5.41) is 15.8. The van der Waals surface area contributed by atoms with Gasteiger partial charge in [0, 0.05) is 18.0 Å². The number of rotatable bonds is 5. The standard InChI is InChI=1S/C7H7N5O4/c8-11-10-4-3-9-7(13)5-1-2-6(16-5)12(14)15/h1-2H,3-4H2,(H,9,13). The molecular weight excluding hydrogens is 218 g/mol. The minimum Gasteiger partial charge on any atom is -0.395 e. The van der Waals surface area contributed by atoms with Gasteiger partial charge in [0.1, 0.15) is 4.92 Å². The van der Waals surface area contributed by atoms with Crippen LogP contribution in [0.5, 0.6) is 0 Å². The number of hydrogen-bond acceptors (Lipinski definition) is 5. The molecule has 0 saturated heterocycles. The van der Waals surface area contributed by atoms with Crippen LogP contribution < -0.4 is 5.32 Å². The maximum atomic E-state index is 11.3. The molecule has 0 aliphatic carbocycles. The van der Waals surface area contributed by atoms with Gasteiger partial charge in [0.2, 0.25) is 0 Å². The van der Waals surface area contributed by atoms with E-state index in [2.05, 4.69) is 19.8 Å². The first-order valence-corrected chi connectivity index (χ1v) is 4.18. The van der Waals surface area contributed by atoms with Gasteiger partial charge in [0.05, 0.1) is 6.07 Å². The highest BCUT2D eigenvalue weighted by atomic mass is 16.6. The average Bonchev–Trinajstić information content (AvgIpc) is 2.73. The topological polar surface area (TPSA) is 134 Å².